The van der Waals surface area contributed by atoms with Crippen LogP contribution in [0.25, 0.3) is 0 Å². The van der Waals surface area contributed by atoms with Crippen molar-refractivity contribution >= 4 is 19.6 Å². The minimum absolute atomic E-state index is 0.000821. The molecule has 0 saturated heterocycles. The van der Waals surface area contributed by atoms with Gasteiger partial charge in [-0.15, -0.1) is 11.8 Å². The molecule has 0 aliphatic rings. The van der Waals surface area contributed by atoms with Crippen molar-refractivity contribution in [2.45, 2.75) is 5.75 Å². The summed E-state index contributed by atoms with van der Waals surface area (Å²) in [5.74, 6) is 0.681. The first-order valence-corrected chi connectivity index (χ1v) is 6.58. The Labute approximate surface area is 86.5 Å². The number of hydrogen-bond acceptors (Lipinski definition) is 3. The number of benzene rings is 1. The molecule has 2 N–H and O–H groups in total. The molecule has 0 heterocycles. The molecule has 1 aromatic rings. The number of phosphoric acid groups is 1. The third-order valence-electron chi connectivity index (χ3n) is 1.42. The lowest BCUT2D eigenvalue weighted by Crippen LogP contribution is -1.88. The zero-order chi connectivity index (χ0) is 10.4. The van der Waals surface area contributed by atoms with Gasteiger partial charge in [-0.3, -0.25) is 4.52 Å². The summed E-state index contributed by atoms with van der Waals surface area (Å²) in [6.45, 7) is 0. The van der Waals surface area contributed by atoms with Crippen LogP contribution in [0.3, 0.4) is 0 Å². The largest absolute Gasteiger partial charge is 0.470 e. The van der Waals surface area contributed by atoms with Crippen molar-refractivity contribution < 1.29 is 18.9 Å². The van der Waals surface area contributed by atoms with E-state index >= 15 is 0 Å². The average Bonchev–Trinajstić information content (AvgIpc) is 2.13. The first kappa shape index (κ1) is 11.8. The van der Waals surface area contributed by atoms with E-state index in [2.05, 4.69) is 4.52 Å². The van der Waals surface area contributed by atoms with Crippen LogP contribution in [-0.4, -0.2) is 15.7 Å². The molecule has 0 saturated carbocycles. The number of hydrogen-bond donors (Lipinski definition) is 2. The number of thioether (sulfide) groups is 1. The van der Waals surface area contributed by atoms with Crippen LogP contribution >= 0.6 is 19.6 Å². The quantitative estimate of drug-likeness (QED) is 0.463. The van der Waals surface area contributed by atoms with Gasteiger partial charge in [-0.25, -0.2) is 4.57 Å². The van der Waals surface area contributed by atoms with Gasteiger partial charge in [0.25, 0.3) is 0 Å². The Kier molecular flexibility index (Phi) is 4.65. The normalized spacial score (nSPS) is 11.6. The van der Waals surface area contributed by atoms with E-state index in [0.717, 1.165) is 5.56 Å². The highest BCUT2D eigenvalue weighted by atomic mass is 32.2. The van der Waals surface area contributed by atoms with Crippen molar-refractivity contribution in [2.75, 3.05) is 5.94 Å². The van der Waals surface area contributed by atoms with Crippen LogP contribution in [0.15, 0.2) is 30.3 Å². The second kappa shape index (κ2) is 5.53. The predicted octanol–water partition coefficient (Wildman–Crippen LogP) is 1.99. The lowest BCUT2D eigenvalue weighted by atomic mass is 10.2. The van der Waals surface area contributed by atoms with Crippen molar-refractivity contribution in [3.8, 4) is 0 Å². The summed E-state index contributed by atoms with van der Waals surface area (Å²) in [5.41, 5.74) is 1.10. The summed E-state index contributed by atoms with van der Waals surface area (Å²) < 4.78 is 14.6. The lowest BCUT2D eigenvalue weighted by molar-refractivity contribution is 0.227. The molecule has 1 aromatic carbocycles. The van der Waals surface area contributed by atoms with Crippen LogP contribution in [-0.2, 0) is 14.8 Å². The molecule has 0 radical (unpaired) electrons. The van der Waals surface area contributed by atoms with Crippen LogP contribution in [0.2, 0.25) is 0 Å². The molecule has 0 fully saturated rings. The lowest BCUT2D eigenvalue weighted by Gasteiger charge is -2.04. The average molecular weight is 234 g/mol. The van der Waals surface area contributed by atoms with E-state index in [1.54, 1.807) is 0 Å². The van der Waals surface area contributed by atoms with Gasteiger partial charge < -0.3 is 9.79 Å². The maximum absolute atomic E-state index is 10.3. The summed E-state index contributed by atoms with van der Waals surface area (Å²) in [6.07, 6.45) is 0. The molecule has 0 bridgehead atoms. The SMILES string of the molecule is O=P(O)(O)OCSCc1ccccc1. The molecule has 0 aliphatic heterocycles. The molecule has 6 heteroatoms. The first-order valence-electron chi connectivity index (χ1n) is 3.90. The van der Waals surface area contributed by atoms with E-state index in [0.29, 0.717) is 5.75 Å². The Hall–Kier alpha value is -0.320. The maximum Gasteiger partial charge on any atom is 0.470 e. The third-order valence-corrected chi connectivity index (χ3v) is 2.88. The maximum atomic E-state index is 10.3. The second-order valence-corrected chi connectivity index (χ2v) is 4.74. The van der Waals surface area contributed by atoms with Gasteiger partial charge >= 0.3 is 7.82 Å². The predicted molar refractivity (Wildman–Crippen MR) is 55.7 cm³/mol. The molecule has 0 aliphatic carbocycles. The Bertz CT molecular complexity index is 310. The summed E-state index contributed by atoms with van der Waals surface area (Å²) in [7, 11) is -4.31. The van der Waals surface area contributed by atoms with Gasteiger partial charge in [0.2, 0.25) is 0 Å². The minimum Gasteiger partial charge on any atom is -0.303 e. The van der Waals surface area contributed by atoms with Crippen molar-refractivity contribution in [1.29, 1.82) is 0 Å². The fourth-order valence-electron chi connectivity index (χ4n) is 0.840. The molecule has 14 heavy (non-hydrogen) atoms. The van der Waals surface area contributed by atoms with E-state index in [9.17, 15) is 4.57 Å². The van der Waals surface area contributed by atoms with Gasteiger partial charge in [-0.2, -0.15) is 0 Å². The molecule has 0 aromatic heterocycles. The van der Waals surface area contributed by atoms with Crippen LogP contribution in [0.5, 0.6) is 0 Å². The van der Waals surface area contributed by atoms with Crippen LogP contribution in [0, 0.1) is 0 Å². The molecular formula is C8H11O4PS. The Morgan fingerprint density at radius 2 is 1.93 bits per heavy atom. The Morgan fingerprint density at radius 3 is 2.50 bits per heavy atom. The topological polar surface area (TPSA) is 66.8 Å². The monoisotopic (exact) mass is 234 g/mol. The standard InChI is InChI=1S/C8H11O4PS/c9-13(10,11)12-7-14-6-8-4-2-1-3-5-8/h1-5H,6-7H2,(H2,9,10,11). The number of phosphoric ester groups is 1. The fourth-order valence-corrected chi connectivity index (χ4v) is 2.20. The smallest absolute Gasteiger partial charge is 0.303 e. The first-order chi connectivity index (χ1) is 6.58. The summed E-state index contributed by atoms with van der Waals surface area (Å²) in [6, 6.07) is 9.65. The summed E-state index contributed by atoms with van der Waals surface area (Å²) in [5, 5.41) is 0. The van der Waals surface area contributed by atoms with E-state index < -0.39 is 7.82 Å². The third kappa shape index (κ3) is 5.42. The number of rotatable bonds is 5. The van der Waals surface area contributed by atoms with Crippen molar-refractivity contribution in [2.24, 2.45) is 0 Å². The zero-order valence-corrected chi connectivity index (χ0v) is 9.08. The summed E-state index contributed by atoms with van der Waals surface area (Å²) >= 11 is 1.32. The fraction of sp³-hybridized carbons (Fsp3) is 0.250. The van der Waals surface area contributed by atoms with E-state index in [-0.39, 0.29) is 5.94 Å². The zero-order valence-electron chi connectivity index (χ0n) is 7.37. The highest BCUT2D eigenvalue weighted by molar-refractivity contribution is 7.98. The van der Waals surface area contributed by atoms with E-state index in [1.807, 2.05) is 30.3 Å². The van der Waals surface area contributed by atoms with Crippen molar-refractivity contribution in [1.82, 2.24) is 0 Å². The summed E-state index contributed by atoms with van der Waals surface area (Å²) in [4.78, 5) is 16.8. The van der Waals surface area contributed by atoms with Crippen LogP contribution < -0.4 is 0 Å². The minimum atomic E-state index is -4.31. The second-order valence-electron chi connectivity index (χ2n) is 2.57. The van der Waals surface area contributed by atoms with E-state index in [1.165, 1.54) is 11.8 Å². The van der Waals surface area contributed by atoms with Crippen molar-refractivity contribution in [3.63, 3.8) is 0 Å². The highest BCUT2D eigenvalue weighted by Gasteiger charge is 2.12. The highest BCUT2D eigenvalue weighted by Crippen LogP contribution is 2.37. The van der Waals surface area contributed by atoms with Gasteiger partial charge in [-0.1, -0.05) is 30.3 Å². The van der Waals surface area contributed by atoms with Gasteiger partial charge in [-0.05, 0) is 5.56 Å². The van der Waals surface area contributed by atoms with Gasteiger partial charge in [0.1, 0.15) is 5.94 Å². The van der Waals surface area contributed by atoms with Gasteiger partial charge in [0.05, 0.1) is 0 Å². The van der Waals surface area contributed by atoms with Gasteiger partial charge in [0.15, 0.2) is 0 Å². The molecule has 0 atom stereocenters. The van der Waals surface area contributed by atoms with E-state index in [4.69, 9.17) is 9.79 Å². The Balaban J connectivity index is 2.20. The molecule has 0 amide bonds. The van der Waals surface area contributed by atoms with Crippen molar-refractivity contribution in [3.05, 3.63) is 35.9 Å². The van der Waals surface area contributed by atoms with Gasteiger partial charge in [0, 0.05) is 5.75 Å². The molecular weight excluding hydrogens is 223 g/mol. The Morgan fingerprint density at radius 1 is 1.29 bits per heavy atom. The molecule has 78 valence electrons. The molecule has 4 nitrogen and oxygen atoms in total. The molecule has 0 unspecified atom stereocenters. The molecule has 0 spiro atoms. The molecule has 1 rings (SSSR count). The van der Waals surface area contributed by atoms with Crippen LogP contribution in [0.1, 0.15) is 5.56 Å². The van der Waals surface area contributed by atoms with Crippen LogP contribution in [0.4, 0.5) is 0 Å².